The van der Waals surface area contributed by atoms with Gasteiger partial charge in [0.1, 0.15) is 5.69 Å². The molecule has 1 aromatic rings. The number of unbranched alkanes of at least 4 members (excludes halogenated alkanes) is 2. The second-order valence-corrected chi connectivity index (χ2v) is 7.50. The minimum absolute atomic E-state index is 0.223. The molecule has 9 heteroatoms. The number of aliphatic hydroxyl groups excluding tert-OH is 1. The van der Waals surface area contributed by atoms with E-state index < -0.39 is 0 Å². The van der Waals surface area contributed by atoms with Crippen LogP contribution < -0.4 is 0 Å². The van der Waals surface area contributed by atoms with Crippen molar-refractivity contribution in [3.05, 3.63) is 11.9 Å². The van der Waals surface area contributed by atoms with Crippen LogP contribution in [0, 0.1) is 0 Å². The van der Waals surface area contributed by atoms with Crippen LogP contribution in [0.25, 0.3) is 0 Å². The monoisotopic (exact) mass is 388 g/mol. The third-order valence-electron chi connectivity index (χ3n) is 4.11. The normalized spacial score (nSPS) is 15.5. The molecule has 1 N–H and O–H groups in total. The molecule has 0 spiro atoms. The summed E-state index contributed by atoms with van der Waals surface area (Å²) in [5, 5.41) is 16.9. The number of aromatic nitrogens is 3. The van der Waals surface area contributed by atoms with Crippen LogP contribution in [0.15, 0.2) is 6.20 Å². The van der Waals surface area contributed by atoms with E-state index in [9.17, 15) is 0 Å². The maximum atomic E-state index is 8.77. The van der Waals surface area contributed by atoms with Crippen molar-refractivity contribution in [1.82, 2.24) is 19.3 Å². The van der Waals surface area contributed by atoms with E-state index in [1.54, 1.807) is 11.8 Å². The summed E-state index contributed by atoms with van der Waals surface area (Å²) < 4.78 is 20.6. The Labute approximate surface area is 160 Å². The van der Waals surface area contributed by atoms with Gasteiger partial charge in [-0.25, -0.2) is 4.31 Å². The van der Waals surface area contributed by atoms with E-state index in [4.69, 9.17) is 19.3 Å². The fraction of sp³-hybridized carbons (Fsp3) is 0.882. The first-order valence-electron chi connectivity index (χ1n) is 9.38. The van der Waals surface area contributed by atoms with Crippen LogP contribution in [0.3, 0.4) is 0 Å². The van der Waals surface area contributed by atoms with Crippen molar-refractivity contribution in [1.29, 1.82) is 0 Å². The van der Waals surface area contributed by atoms with Gasteiger partial charge in [0.2, 0.25) is 0 Å². The van der Waals surface area contributed by atoms with Gasteiger partial charge in [-0.15, -0.1) is 5.10 Å². The molecule has 0 atom stereocenters. The Kier molecular flexibility index (Phi) is 11.2. The molecule has 8 nitrogen and oxygen atoms in total. The van der Waals surface area contributed by atoms with Crippen LogP contribution in [-0.4, -0.2) is 82.9 Å². The number of nitrogens with zero attached hydrogens (tertiary/aromatic N) is 4. The summed E-state index contributed by atoms with van der Waals surface area (Å²) in [5.41, 5.74) is 0.851. The fourth-order valence-corrected chi connectivity index (χ4v) is 3.46. The zero-order chi connectivity index (χ0) is 18.5. The van der Waals surface area contributed by atoms with E-state index in [1.807, 2.05) is 18.1 Å². The molecule has 150 valence electrons. The van der Waals surface area contributed by atoms with E-state index in [1.165, 1.54) is 0 Å². The molecule has 1 aliphatic rings. The molecule has 1 aromatic heterocycles. The molecule has 0 aromatic carbocycles. The van der Waals surface area contributed by atoms with Crippen LogP contribution >= 0.6 is 11.9 Å². The van der Waals surface area contributed by atoms with Crippen molar-refractivity contribution in [3.8, 4) is 0 Å². The average Bonchev–Trinajstić information content (AvgIpc) is 3.06. The van der Waals surface area contributed by atoms with Crippen molar-refractivity contribution >= 4 is 11.9 Å². The zero-order valence-electron chi connectivity index (χ0n) is 15.7. The highest BCUT2D eigenvalue weighted by Gasteiger charge is 2.26. The summed E-state index contributed by atoms with van der Waals surface area (Å²) >= 11 is 1.84. The van der Waals surface area contributed by atoms with Gasteiger partial charge in [0.15, 0.2) is 0 Å². The number of aliphatic hydroxyl groups is 1. The molecule has 1 aliphatic heterocycles. The molecule has 2 rings (SSSR count). The van der Waals surface area contributed by atoms with E-state index in [0.29, 0.717) is 19.3 Å². The number of aryl methyl sites for hydroxylation is 1. The van der Waals surface area contributed by atoms with Gasteiger partial charge < -0.3 is 19.3 Å². The SMILES string of the molecule is COC1CN(SCCOCCCCOCc2cn(CCCCO)nn2)C1. The van der Waals surface area contributed by atoms with Gasteiger partial charge in [0.25, 0.3) is 0 Å². The van der Waals surface area contributed by atoms with Gasteiger partial charge in [-0.2, -0.15) is 0 Å². The maximum Gasteiger partial charge on any atom is 0.108 e. The lowest BCUT2D eigenvalue weighted by molar-refractivity contribution is 0.0172. The van der Waals surface area contributed by atoms with E-state index >= 15 is 0 Å². The highest BCUT2D eigenvalue weighted by Crippen LogP contribution is 2.20. The maximum absolute atomic E-state index is 8.77. The lowest BCUT2D eigenvalue weighted by atomic mass is 10.2. The lowest BCUT2D eigenvalue weighted by Crippen LogP contribution is -2.47. The number of methoxy groups -OCH3 is 1. The second-order valence-electron chi connectivity index (χ2n) is 6.31. The number of hydrogen-bond donors (Lipinski definition) is 1. The second kappa shape index (κ2) is 13.5. The van der Waals surface area contributed by atoms with E-state index in [2.05, 4.69) is 14.6 Å². The van der Waals surface area contributed by atoms with Crippen molar-refractivity contribution in [2.24, 2.45) is 0 Å². The minimum atomic E-state index is 0.223. The smallest absolute Gasteiger partial charge is 0.108 e. The Morgan fingerprint density at radius 2 is 1.96 bits per heavy atom. The van der Waals surface area contributed by atoms with Crippen LogP contribution in [-0.2, 0) is 27.4 Å². The quantitative estimate of drug-likeness (QED) is 0.336. The first kappa shape index (κ1) is 21.6. The Bertz CT molecular complexity index is 471. The van der Waals surface area contributed by atoms with Gasteiger partial charge in [-0.05, 0) is 25.7 Å². The average molecular weight is 389 g/mol. The molecule has 26 heavy (non-hydrogen) atoms. The number of hydrogen-bond acceptors (Lipinski definition) is 8. The highest BCUT2D eigenvalue weighted by atomic mass is 32.2. The minimum Gasteiger partial charge on any atom is -0.396 e. The first-order chi connectivity index (χ1) is 12.8. The Hall–Kier alpha value is -0.710. The Morgan fingerprint density at radius 3 is 2.73 bits per heavy atom. The van der Waals surface area contributed by atoms with Crippen molar-refractivity contribution < 1.29 is 19.3 Å². The summed E-state index contributed by atoms with van der Waals surface area (Å²) in [7, 11) is 1.77. The van der Waals surface area contributed by atoms with E-state index in [-0.39, 0.29) is 6.61 Å². The predicted molar refractivity (Wildman–Crippen MR) is 101 cm³/mol. The van der Waals surface area contributed by atoms with Crippen LogP contribution in [0.4, 0.5) is 0 Å². The molecule has 0 bridgehead atoms. The van der Waals surface area contributed by atoms with Crippen LogP contribution in [0.1, 0.15) is 31.4 Å². The summed E-state index contributed by atoms with van der Waals surface area (Å²) in [5.74, 6) is 1.00. The first-order valence-corrected chi connectivity index (χ1v) is 10.3. The van der Waals surface area contributed by atoms with Crippen molar-refractivity contribution in [3.63, 3.8) is 0 Å². The molecular formula is C17H32N4O4S. The van der Waals surface area contributed by atoms with Gasteiger partial charge in [0.05, 0.1) is 25.5 Å². The molecule has 0 radical (unpaired) electrons. The third-order valence-corrected chi connectivity index (χ3v) is 5.12. The van der Waals surface area contributed by atoms with Gasteiger partial charge in [-0.3, -0.25) is 4.68 Å². The molecule has 2 heterocycles. The topological polar surface area (TPSA) is 81.9 Å². The Balaban J connectivity index is 1.34. The lowest BCUT2D eigenvalue weighted by Gasteiger charge is -2.36. The summed E-state index contributed by atoms with van der Waals surface area (Å²) in [6, 6.07) is 0. The summed E-state index contributed by atoms with van der Waals surface area (Å²) in [6.07, 6.45) is 6.02. The molecule has 0 amide bonds. The molecule has 1 fully saturated rings. The van der Waals surface area contributed by atoms with Crippen molar-refractivity contribution in [2.45, 2.75) is 44.9 Å². The standard InChI is InChI=1S/C17H32N4O4S/c1-23-17-13-21(14-17)26-11-10-24-8-4-5-9-25-15-16-12-20(19-18-16)6-2-3-7-22/h12,17,22H,2-11,13-15H2,1H3. The van der Waals surface area contributed by atoms with Crippen LogP contribution in [0.5, 0.6) is 0 Å². The van der Waals surface area contributed by atoms with Gasteiger partial charge in [0, 0.05) is 52.3 Å². The van der Waals surface area contributed by atoms with Gasteiger partial charge >= 0.3 is 0 Å². The number of ether oxygens (including phenoxy) is 3. The van der Waals surface area contributed by atoms with Crippen LogP contribution in [0.2, 0.25) is 0 Å². The van der Waals surface area contributed by atoms with Gasteiger partial charge in [-0.1, -0.05) is 17.2 Å². The van der Waals surface area contributed by atoms with E-state index in [0.717, 1.165) is 70.0 Å². The number of rotatable bonds is 16. The van der Waals surface area contributed by atoms with Crippen molar-refractivity contribution in [2.75, 3.05) is 52.4 Å². The summed E-state index contributed by atoms with van der Waals surface area (Å²) in [6.45, 7) is 5.83. The predicted octanol–water partition coefficient (Wildman–Crippen LogP) is 1.34. The Morgan fingerprint density at radius 1 is 1.15 bits per heavy atom. The third kappa shape index (κ3) is 8.79. The zero-order valence-corrected chi connectivity index (χ0v) is 16.5. The summed E-state index contributed by atoms with van der Waals surface area (Å²) in [4.78, 5) is 0. The molecular weight excluding hydrogens is 356 g/mol. The largest absolute Gasteiger partial charge is 0.396 e. The molecule has 0 saturated carbocycles. The highest BCUT2D eigenvalue weighted by molar-refractivity contribution is 7.97. The molecule has 0 aliphatic carbocycles. The molecule has 0 unspecified atom stereocenters. The molecule has 1 saturated heterocycles. The fourth-order valence-electron chi connectivity index (χ4n) is 2.47.